The molecule has 2 heterocycles. The number of hydrogen-bond acceptors (Lipinski definition) is 6. The van der Waals surface area contributed by atoms with Gasteiger partial charge in [-0.2, -0.15) is 0 Å². The zero-order chi connectivity index (χ0) is 16.8. The van der Waals surface area contributed by atoms with Crippen molar-refractivity contribution in [2.75, 3.05) is 12.3 Å². The Kier molecular flexibility index (Phi) is 7.95. The molecule has 0 aliphatic rings. The minimum atomic E-state index is 0. The molecule has 3 aromatic rings. The molecular formula is C16H18BrClN5OS-. The summed E-state index contributed by atoms with van der Waals surface area (Å²) in [5.74, 6) is 2.81. The van der Waals surface area contributed by atoms with Crippen molar-refractivity contribution in [2.24, 2.45) is 7.05 Å². The van der Waals surface area contributed by atoms with Crippen molar-refractivity contribution in [2.45, 2.75) is 18.1 Å². The first-order valence-electron chi connectivity index (χ1n) is 7.63. The van der Waals surface area contributed by atoms with Crippen LogP contribution in [0, 0.1) is 0 Å². The fourth-order valence-corrected chi connectivity index (χ4v) is 3.21. The van der Waals surface area contributed by atoms with Crippen LogP contribution in [0.2, 0.25) is 0 Å². The van der Waals surface area contributed by atoms with Crippen molar-refractivity contribution in [1.29, 1.82) is 0 Å². The fourth-order valence-electron chi connectivity index (χ4n) is 2.16. The maximum absolute atomic E-state index is 5.88. The van der Waals surface area contributed by atoms with Crippen LogP contribution in [0.4, 0.5) is 0 Å². The summed E-state index contributed by atoms with van der Waals surface area (Å²) in [6.45, 7) is 1.65. The van der Waals surface area contributed by atoms with E-state index >= 15 is 0 Å². The molecule has 1 N–H and O–H groups in total. The van der Waals surface area contributed by atoms with Gasteiger partial charge in [0.25, 0.3) is 0 Å². The predicted molar refractivity (Wildman–Crippen MR) is 97.7 cm³/mol. The van der Waals surface area contributed by atoms with E-state index in [2.05, 4.69) is 36.8 Å². The van der Waals surface area contributed by atoms with E-state index in [1.54, 1.807) is 16.4 Å². The van der Waals surface area contributed by atoms with Crippen molar-refractivity contribution < 1.29 is 16.8 Å². The average molecular weight is 444 g/mol. The molecule has 25 heavy (non-hydrogen) atoms. The summed E-state index contributed by atoms with van der Waals surface area (Å²) in [6.07, 6.45) is 1.04. The molecule has 0 aliphatic carbocycles. The molecule has 9 heteroatoms. The van der Waals surface area contributed by atoms with Gasteiger partial charge in [-0.3, -0.25) is 0 Å². The van der Waals surface area contributed by atoms with Crippen LogP contribution < -0.4 is 17.7 Å². The van der Waals surface area contributed by atoms with Crippen LogP contribution in [0.1, 0.15) is 12.2 Å². The zero-order valence-corrected chi connectivity index (χ0v) is 16.8. The van der Waals surface area contributed by atoms with Gasteiger partial charge in [0.15, 0.2) is 0 Å². The lowest BCUT2D eigenvalue weighted by Gasteiger charge is -2.03. The van der Waals surface area contributed by atoms with Crippen molar-refractivity contribution in [3.63, 3.8) is 0 Å². The molecule has 0 unspecified atom stereocenters. The number of aromatic nitrogens is 4. The summed E-state index contributed by atoms with van der Waals surface area (Å²) in [4.78, 5) is 0. The smallest absolute Gasteiger partial charge is 0.209 e. The van der Waals surface area contributed by atoms with Gasteiger partial charge in [0.2, 0.25) is 5.16 Å². The maximum atomic E-state index is 5.88. The number of thioether (sulfide) groups is 1. The second-order valence-electron chi connectivity index (χ2n) is 5.24. The molecule has 134 valence electrons. The van der Waals surface area contributed by atoms with E-state index in [0.717, 1.165) is 52.0 Å². The molecule has 0 aliphatic heterocycles. The second kappa shape index (κ2) is 9.96. The van der Waals surface area contributed by atoms with E-state index in [1.165, 1.54) is 0 Å². The quantitative estimate of drug-likeness (QED) is 0.404. The standard InChI is InChI=1S/C16H18BrN5OS.ClH/c1-22-16(19-20-21-22)24-10-2-9-18-11-14-7-8-15(23-14)12-3-5-13(17)6-4-12;/h3-8,18H,2,9-11H2,1H3;1H/p-1. The molecule has 0 bridgehead atoms. The molecule has 0 amide bonds. The van der Waals surface area contributed by atoms with Crippen LogP contribution in [0.25, 0.3) is 11.3 Å². The Morgan fingerprint density at radius 1 is 1.20 bits per heavy atom. The number of halogens is 2. The molecular weight excluding hydrogens is 426 g/mol. The first-order valence-corrected chi connectivity index (χ1v) is 9.41. The van der Waals surface area contributed by atoms with Gasteiger partial charge in [-0.05, 0) is 47.7 Å². The Bertz CT molecular complexity index is 777. The molecule has 0 fully saturated rings. The van der Waals surface area contributed by atoms with Gasteiger partial charge in [0.05, 0.1) is 6.54 Å². The van der Waals surface area contributed by atoms with Crippen molar-refractivity contribution in [1.82, 2.24) is 25.5 Å². The molecule has 0 spiro atoms. The number of furan rings is 1. The van der Waals surface area contributed by atoms with Gasteiger partial charge in [-0.1, -0.05) is 39.8 Å². The largest absolute Gasteiger partial charge is 1.00 e. The molecule has 0 atom stereocenters. The average Bonchev–Trinajstić information content (AvgIpc) is 3.21. The number of benzene rings is 1. The van der Waals surface area contributed by atoms with E-state index in [4.69, 9.17) is 4.42 Å². The van der Waals surface area contributed by atoms with Gasteiger partial charge >= 0.3 is 0 Å². The third-order valence-electron chi connectivity index (χ3n) is 3.40. The third-order valence-corrected chi connectivity index (χ3v) is 5.03. The van der Waals surface area contributed by atoms with Crippen LogP contribution in [0.15, 0.2) is 50.4 Å². The minimum Gasteiger partial charge on any atom is -1.00 e. The van der Waals surface area contributed by atoms with Crippen LogP contribution in [0.3, 0.4) is 0 Å². The minimum absolute atomic E-state index is 0. The molecule has 3 rings (SSSR count). The molecule has 0 radical (unpaired) electrons. The van der Waals surface area contributed by atoms with Crippen LogP contribution in [-0.2, 0) is 13.6 Å². The highest BCUT2D eigenvalue weighted by molar-refractivity contribution is 9.10. The number of nitrogens with zero attached hydrogens (tertiary/aromatic N) is 4. The van der Waals surface area contributed by atoms with Crippen LogP contribution in [-0.4, -0.2) is 32.5 Å². The molecule has 1 aromatic carbocycles. The normalized spacial score (nSPS) is 10.6. The highest BCUT2D eigenvalue weighted by Gasteiger charge is 2.05. The third kappa shape index (κ3) is 5.85. The van der Waals surface area contributed by atoms with Gasteiger partial charge in [0.1, 0.15) is 11.5 Å². The summed E-state index contributed by atoms with van der Waals surface area (Å²) in [6, 6.07) is 12.1. The Balaban J connectivity index is 0.00000225. The topological polar surface area (TPSA) is 68.8 Å². The van der Waals surface area contributed by atoms with Gasteiger partial charge in [0, 0.05) is 22.8 Å². The van der Waals surface area contributed by atoms with E-state index in [0.29, 0.717) is 0 Å². The Morgan fingerprint density at radius 2 is 2.00 bits per heavy atom. The molecule has 6 nitrogen and oxygen atoms in total. The summed E-state index contributed by atoms with van der Waals surface area (Å²) in [7, 11) is 1.85. The SMILES string of the molecule is Cn1nnnc1SCCCNCc1ccc(-c2ccc(Br)cc2)o1.[Cl-]. The van der Waals surface area contributed by atoms with Gasteiger partial charge in [-0.15, -0.1) is 5.10 Å². The highest BCUT2D eigenvalue weighted by atomic mass is 79.9. The van der Waals surface area contributed by atoms with E-state index in [-0.39, 0.29) is 12.4 Å². The van der Waals surface area contributed by atoms with Gasteiger partial charge in [-0.25, -0.2) is 4.68 Å². The monoisotopic (exact) mass is 442 g/mol. The number of hydrogen-bond donors (Lipinski definition) is 1. The maximum Gasteiger partial charge on any atom is 0.209 e. The fraction of sp³-hybridized carbons (Fsp3) is 0.312. The zero-order valence-electron chi connectivity index (χ0n) is 13.7. The highest BCUT2D eigenvalue weighted by Crippen LogP contribution is 2.23. The van der Waals surface area contributed by atoms with Gasteiger partial charge < -0.3 is 22.1 Å². The number of aryl methyl sites for hydroxylation is 1. The predicted octanol–water partition coefficient (Wildman–Crippen LogP) is 0.509. The Labute approximate surface area is 165 Å². The summed E-state index contributed by atoms with van der Waals surface area (Å²) in [5, 5.41) is 15.6. The first kappa shape index (κ1) is 20.0. The lowest BCUT2D eigenvalue weighted by atomic mass is 10.2. The summed E-state index contributed by atoms with van der Waals surface area (Å²) < 4.78 is 8.63. The molecule has 0 saturated carbocycles. The van der Waals surface area contributed by atoms with Crippen LogP contribution in [0.5, 0.6) is 0 Å². The van der Waals surface area contributed by atoms with E-state index in [1.807, 2.05) is 43.4 Å². The first-order chi connectivity index (χ1) is 11.7. The van der Waals surface area contributed by atoms with Crippen molar-refractivity contribution in [3.05, 3.63) is 46.6 Å². The van der Waals surface area contributed by atoms with Crippen molar-refractivity contribution >= 4 is 27.7 Å². The lowest BCUT2D eigenvalue weighted by Crippen LogP contribution is -3.00. The van der Waals surface area contributed by atoms with Crippen molar-refractivity contribution in [3.8, 4) is 11.3 Å². The van der Waals surface area contributed by atoms with Crippen LogP contribution >= 0.6 is 27.7 Å². The lowest BCUT2D eigenvalue weighted by molar-refractivity contribution is -0.00000552. The summed E-state index contributed by atoms with van der Waals surface area (Å²) in [5.41, 5.74) is 1.08. The number of tetrazole rings is 1. The number of nitrogens with one attached hydrogen (secondary N) is 1. The number of rotatable bonds is 8. The van der Waals surface area contributed by atoms with E-state index < -0.39 is 0 Å². The second-order valence-corrected chi connectivity index (χ2v) is 7.21. The van der Waals surface area contributed by atoms with E-state index in [9.17, 15) is 0 Å². The molecule has 0 saturated heterocycles. The Hall–Kier alpha value is -1.35. The Morgan fingerprint density at radius 3 is 2.72 bits per heavy atom. The summed E-state index contributed by atoms with van der Waals surface area (Å²) >= 11 is 5.10. The molecule has 2 aromatic heterocycles.